The summed E-state index contributed by atoms with van der Waals surface area (Å²) in [5.74, 6) is 5.52. The molecule has 0 radical (unpaired) electrons. The largest absolute Gasteiger partial charge is 0.349 e. The zero-order valence-corrected chi connectivity index (χ0v) is 11.9. The van der Waals surface area contributed by atoms with Crippen LogP contribution in [0.25, 0.3) is 0 Å². The van der Waals surface area contributed by atoms with Gasteiger partial charge in [-0.1, -0.05) is 32.8 Å². The standard InChI is InChI=1S/C15H22FN3O/c1-9-5-3-8-13(10(9)2)18-15(20)11-6-4-7-12(16)14(11)19-17/h4,6-7,9-10,13,19H,3,5,8,17H2,1-2H3,(H,18,20). The lowest BCUT2D eigenvalue weighted by molar-refractivity contribution is 0.0891. The summed E-state index contributed by atoms with van der Waals surface area (Å²) in [5.41, 5.74) is 2.56. The van der Waals surface area contributed by atoms with Crippen molar-refractivity contribution in [2.75, 3.05) is 5.43 Å². The highest BCUT2D eigenvalue weighted by molar-refractivity contribution is 5.99. The second-order valence-electron chi connectivity index (χ2n) is 5.65. The molecule has 2 rings (SSSR count). The summed E-state index contributed by atoms with van der Waals surface area (Å²) >= 11 is 0. The number of nitrogen functional groups attached to an aromatic ring is 1. The Kier molecular flexibility index (Phi) is 4.60. The van der Waals surface area contributed by atoms with Crippen LogP contribution in [-0.2, 0) is 0 Å². The Labute approximate surface area is 118 Å². The quantitative estimate of drug-likeness (QED) is 0.588. The molecule has 0 heterocycles. The van der Waals surface area contributed by atoms with Crippen molar-refractivity contribution >= 4 is 11.6 Å². The fraction of sp³-hybridized carbons (Fsp3) is 0.533. The Morgan fingerprint density at radius 2 is 2.10 bits per heavy atom. The number of hydrogen-bond donors (Lipinski definition) is 3. The average Bonchev–Trinajstić information content (AvgIpc) is 2.43. The van der Waals surface area contributed by atoms with Crippen LogP contribution < -0.4 is 16.6 Å². The van der Waals surface area contributed by atoms with Crippen molar-refractivity contribution in [2.24, 2.45) is 17.7 Å². The molecule has 1 aliphatic carbocycles. The molecular weight excluding hydrogens is 257 g/mol. The number of nitrogens with two attached hydrogens (primary N) is 1. The van der Waals surface area contributed by atoms with Gasteiger partial charge in [-0.2, -0.15) is 0 Å². The Hall–Kier alpha value is -1.62. The lowest BCUT2D eigenvalue weighted by Gasteiger charge is -2.34. The monoisotopic (exact) mass is 279 g/mol. The molecule has 1 aromatic rings. The van der Waals surface area contributed by atoms with E-state index in [9.17, 15) is 9.18 Å². The van der Waals surface area contributed by atoms with Crippen LogP contribution in [0.15, 0.2) is 18.2 Å². The highest BCUT2D eigenvalue weighted by atomic mass is 19.1. The van der Waals surface area contributed by atoms with Gasteiger partial charge in [0.05, 0.1) is 11.3 Å². The smallest absolute Gasteiger partial charge is 0.253 e. The summed E-state index contributed by atoms with van der Waals surface area (Å²) in [5, 5.41) is 3.02. The van der Waals surface area contributed by atoms with Crippen molar-refractivity contribution in [1.29, 1.82) is 0 Å². The normalized spacial score (nSPS) is 26.1. The third kappa shape index (κ3) is 2.93. The third-order valence-corrected chi connectivity index (χ3v) is 4.43. The number of hydrogen-bond acceptors (Lipinski definition) is 3. The second-order valence-corrected chi connectivity index (χ2v) is 5.65. The highest BCUT2D eigenvalue weighted by Crippen LogP contribution is 2.30. The topological polar surface area (TPSA) is 67.2 Å². The number of amides is 1. The zero-order chi connectivity index (χ0) is 14.7. The van der Waals surface area contributed by atoms with Gasteiger partial charge in [-0.15, -0.1) is 0 Å². The van der Waals surface area contributed by atoms with Crippen molar-refractivity contribution in [3.05, 3.63) is 29.6 Å². The Balaban J connectivity index is 2.14. The molecule has 1 aliphatic rings. The van der Waals surface area contributed by atoms with Gasteiger partial charge in [-0.3, -0.25) is 10.6 Å². The first-order valence-electron chi connectivity index (χ1n) is 7.10. The van der Waals surface area contributed by atoms with Gasteiger partial charge in [0.2, 0.25) is 0 Å². The summed E-state index contributed by atoms with van der Waals surface area (Å²) in [7, 11) is 0. The first-order valence-corrected chi connectivity index (χ1v) is 7.10. The molecular formula is C15H22FN3O. The van der Waals surface area contributed by atoms with Gasteiger partial charge >= 0.3 is 0 Å². The van der Waals surface area contributed by atoms with E-state index in [1.54, 1.807) is 6.07 Å². The molecule has 0 saturated heterocycles. The van der Waals surface area contributed by atoms with E-state index < -0.39 is 5.82 Å². The van der Waals surface area contributed by atoms with Crippen molar-refractivity contribution in [3.63, 3.8) is 0 Å². The van der Waals surface area contributed by atoms with E-state index >= 15 is 0 Å². The van der Waals surface area contributed by atoms with E-state index in [-0.39, 0.29) is 23.2 Å². The van der Waals surface area contributed by atoms with E-state index in [4.69, 9.17) is 5.84 Å². The van der Waals surface area contributed by atoms with E-state index in [1.807, 2.05) is 0 Å². The van der Waals surface area contributed by atoms with Crippen molar-refractivity contribution < 1.29 is 9.18 Å². The van der Waals surface area contributed by atoms with Crippen LogP contribution in [-0.4, -0.2) is 11.9 Å². The fourth-order valence-corrected chi connectivity index (χ4v) is 2.89. The van der Waals surface area contributed by atoms with Gasteiger partial charge in [0.1, 0.15) is 5.82 Å². The van der Waals surface area contributed by atoms with E-state index in [1.165, 1.54) is 18.6 Å². The molecule has 4 N–H and O–H groups in total. The molecule has 0 spiro atoms. The summed E-state index contributed by atoms with van der Waals surface area (Å²) in [6.07, 6.45) is 3.28. The van der Waals surface area contributed by atoms with Gasteiger partial charge in [0, 0.05) is 6.04 Å². The van der Waals surface area contributed by atoms with Crippen molar-refractivity contribution in [1.82, 2.24) is 5.32 Å². The maximum Gasteiger partial charge on any atom is 0.253 e. The predicted octanol–water partition coefficient (Wildman–Crippen LogP) is 2.67. The zero-order valence-electron chi connectivity index (χ0n) is 11.9. The van der Waals surface area contributed by atoms with Gasteiger partial charge in [0.15, 0.2) is 0 Å². The fourth-order valence-electron chi connectivity index (χ4n) is 2.89. The number of nitrogens with one attached hydrogen (secondary N) is 2. The molecule has 1 amide bonds. The molecule has 3 unspecified atom stereocenters. The number of benzene rings is 1. The third-order valence-electron chi connectivity index (χ3n) is 4.43. The summed E-state index contributed by atoms with van der Waals surface area (Å²) in [6, 6.07) is 4.50. The molecule has 1 saturated carbocycles. The minimum absolute atomic E-state index is 0.0431. The number of para-hydroxylation sites is 1. The molecule has 3 atom stereocenters. The van der Waals surface area contributed by atoms with Crippen LogP contribution in [0.3, 0.4) is 0 Å². The first kappa shape index (κ1) is 14.8. The van der Waals surface area contributed by atoms with Crippen LogP contribution >= 0.6 is 0 Å². The van der Waals surface area contributed by atoms with Gasteiger partial charge < -0.3 is 10.7 Å². The molecule has 4 nitrogen and oxygen atoms in total. The molecule has 0 aliphatic heterocycles. The Bertz CT molecular complexity index is 492. The second kappa shape index (κ2) is 6.22. The Morgan fingerprint density at radius 1 is 1.35 bits per heavy atom. The number of rotatable bonds is 3. The van der Waals surface area contributed by atoms with Gasteiger partial charge in [-0.25, -0.2) is 4.39 Å². The predicted molar refractivity (Wildman–Crippen MR) is 77.6 cm³/mol. The molecule has 20 heavy (non-hydrogen) atoms. The molecule has 1 fully saturated rings. The van der Waals surface area contributed by atoms with Crippen LogP contribution in [0.1, 0.15) is 43.5 Å². The lowest BCUT2D eigenvalue weighted by atomic mass is 9.78. The average molecular weight is 279 g/mol. The van der Waals surface area contributed by atoms with E-state index in [0.717, 1.165) is 12.8 Å². The minimum Gasteiger partial charge on any atom is -0.349 e. The minimum atomic E-state index is -0.523. The lowest BCUT2D eigenvalue weighted by Crippen LogP contribution is -2.44. The summed E-state index contributed by atoms with van der Waals surface area (Å²) < 4.78 is 13.6. The molecule has 1 aromatic carbocycles. The van der Waals surface area contributed by atoms with Crippen molar-refractivity contribution in [3.8, 4) is 0 Å². The van der Waals surface area contributed by atoms with Gasteiger partial charge in [0.25, 0.3) is 5.91 Å². The maximum atomic E-state index is 13.6. The van der Waals surface area contributed by atoms with Crippen LogP contribution in [0.5, 0.6) is 0 Å². The van der Waals surface area contributed by atoms with E-state index in [0.29, 0.717) is 11.8 Å². The van der Waals surface area contributed by atoms with Crippen LogP contribution in [0.2, 0.25) is 0 Å². The Morgan fingerprint density at radius 3 is 2.80 bits per heavy atom. The van der Waals surface area contributed by atoms with Crippen molar-refractivity contribution in [2.45, 2.75) is 39.2 Å². The highest BCUT2D eigenvalue weighted by Gasteiger charge is 2.29. The number of carbonyl (C=O) groups excluding carboxylic acids is 1. The van der Waals surface area contributed by atoms with Crippen LogP contribution in [0, 0.1) is 17.7 Å². The number of hydrazine groups is 1. The molecule has 0 aromatic heterocycles. The molecule has 5 heteroatoms. The number of carbonyl (C=O) groups is 1. The SMILES string of the molecule is CC1CCCC(NC(=O)c2cccc(F)c2NN)C1C. The molecule has 0 bridgehead atoms. The summed E-state index contributed by atoms with van der Waals surface area (Å²) in [6.45, 7) is 4.36. The van der Waals surface area contributed by atoms with Crippen LogP contribution in [0.4, 0.5) is 10.1 Å². The number of anilines is 1. The summed E-state index contributed by atoms with van der Waals surface area (Å²) in [4.78, 5) is 12.3. The maximum absolute atomic E-state index is 13.6. The van der Waals surface area contributed by atoms with Gasteiger partial charge in [-0.05, 0) is 30.4 Å². The van der Waals surface area contributed by atoms with E-state index in [2.05, 4.69) is 24.6 Å². The molecule has 110 valence electrons. The first-order chi connectivity index (χ1) is 9.54. The number of halogens is 1.